The Bertz CT molecular complexity index is 161. The van der Waals surface area contributed by atoms with Crippen LogP contribution in [0.15, 0.2) is 0 Å². The van der Waals surface area contributed by atoms with E-state index in [0.717, 1.165) is 0 Å². The van der Waals surface area contributed by atoms with Gasteiger partial charge in [-0.25, -0.2) is 4.79 Å². The molecule has 0 saturated carbocycles. The normalized spacial score (nSPS) is 13.4. The molecule has 0 bridgehead atoms. The zero-order valence-electron chi connectivity index (χ0n) is 7.15. The monoisotopic (exact) mass is 412 g/mol. The summed E-state index contributed by atoms with van der Waals surface area (Å²) in [6.07, 6.45) is -2.60. The van der Waals surface area contributed by atoms with Crippen molar-refractivity contribution in [3.63, 3.8) is 0 Å². The summed E-state index contributed by atoms with van der Waals surface area (Å²) in [6.45, 7) is 6.24. The van der Waals surface area contributed by atoms with E-state index in [2.05, 4.69) is 16.4 Å². The van der Waals surface area contributed by atoms with E-state index in [1.807, 2.05) is 0 Å². The van der Waals surface area contributed by atoms with Crippen molar-refractivity contribution in [3.8, 4) is 0 Å². The van der Waals surface area contributed by atoms with Crippen molar-refractivity contribution in [2.75, 3.05) is 0 Å². The van der Waals surface area contributed by atoms with Crippen molar-refractivity contribution in [1.82, 2.24) is 0 Å². The fourth-order valence-corrected chi connectivity index (χ4v) is 0.689. The van der Waals surface area contributed by atoms with Crippen LogP contribution in [-0.4, -0.2) is 29.9 Å². The molecule has 0 aromatic heterocycles. The van der Waals surface area contributed by atoms with Crippen LogP contribution < -0.4 is 0 Å². The second-order valence-electron chi connectivity index (χ2n) is 2.07. The molecule has 72 valence electrons. The van der Waals surface area contributed by atoms with Gasteiger partial charge >= 0.3 is 37.3 Å². The van der Waals surface area contributed by atoms with Crippen LogP contribution in [0.1, 0.15) is 13.3 Å². The van der Waals surface area contributed by atoms with Crippen LogP contribution in [0.25, 0.3) is 0 Å². The second-order valence-corrected chi connectivity index (χ2v) is 2.07. The molecule has 0 aliphatic carbocycles. The van der Waals surface area contributed by atoms with Crippen molar-refractivity contribution >= 4 is 12.6 Å². The van der Waals surface area contributed by atoms with Gasteiger partial charge < -0.3 is 26.3 Å². The first-order valence-electron chi connectivity index (χ1n) is 3.37. The van der Waals surface area contributed by atoms with E-state index in [0.29, 0.717) is 6.42 Å². The summed E-state index contributed by atoms with van der Waals surface area (Å²) in [6, 6.07) is 0. The van der Waals surface area contributed by atoms with Gasteiger partial charge in [-0.1, -0.05) is 13.4 Å². The van der Waals surface area contributed by atoms with E-state index in [4.69, 9.17) is 5.11 Å². The Kier molecular flexibility index (Phi) is 9.86. The molecule has 5 nitrogen and oxygen atoms in total. The molecule has 0 rings (SSSR count). The number of hydrogen-bond donors (Lipinski definition) is 1. The third-order valence-electron chi connectivity index (χ3n) is 1.27. The van der Waals surface area contributed by atoms with Crippen LogP contribution >= 0.6 is 0 Å². The SMILES string of the molecule is [CH2-]C(O[C-]=O)C(CC)OC(=O)O.[U+2]. The summed E-state index contributed by atoms with van der Waals surface area (Å²) < 4.78 is 8.65. The molecule has 0 radical (unpaired) electrons. The van der Waals surface area contributed by atoms with Crippen LogP contribution in [0.2, 0.25) is 0 Å². The van der Waals surface area contributed by atoms with Gasteiger partial charge in [-0.3, -0.25) is 0 Å². The molecular formula is C7H10O5U. The Morgan fingerprint density at radius 3 is 2.54 bits per heavy atom. The van der Waals surface area contributed by atoms with Crippen molar-refractivity contribution in [2.24, 2.45) is 0 Å². The van der Waals surface area contributed by atoms with Gasteiger partial charge in [0.05, 0.1) is 0 Å². The Hall–Kier alpha value is -0.208. The standard InChI is InChI=1S/C7H10O5.U/c1-3-6(12-7(9)10)5(2)11-4-8;/h5-6H,2-3H2,1H3,(H,9,10);/q-2;+2. The minimum absolute atomic E-state index is 0. The fraction of sp³-hybridized carbons (Fsp3) is 0.571. The third kappa shape index (κ3) is 6.91. The Balaban J connectivity index is 0. The maximum absolute atomic E-state index is 10.1. The average molecular weight is 412 g/mol. The molecule has 13 heavy (non-hydrogen) atoms. The van der Waals surface area contributed by atoms with Crippen LogP contribution in [0.5, 0.6) is 0 Å². The Morgan fingerprint density at radius 2 is 2.23 bits per heavy atom. The summed E-state index contributed by atoms with van der Waals surface area (Å²) in [4.78, 5) is 19.8. The van der Waals surface area contributed by atoms with Crippen LogP contribution in [0, 0.1) is 38.0 Å². The van der Waals surface area contributed by atoms with Gasteiger partial charge in [0.15, 0.2) is 0 Å². The number of ether oxygens (including phenoxy) is 2. The van der Waals surface area contributed by atoms with E-state index in [1.54, 1.807) is 6.92 Å². The second kappa shape index (κ2) is 8.39. The zero-order chi connectivity index (χ0) is 9.56. The predicted molar refractivity (Wildman–Crippen MR) is 39.1 cm³/mol. The summed E-state index contributed by atoms with van der Waals surface area (Å²) >= 11 is 0. The number of hydrogen-bond acceptors (Lipinski definition) is 4. The largest absolute Gasteiger partial charge is 2.00 e. The van der Waals surface area contributed by atoms with Crippen molar-refractivity contribution in [1.29, 1.82) is 0 Å². The summed E-state index contributed by atoms with van der Waals surface area (Å²) in [7, 11) is 0. The smallest absolute Gasteiger partial charge is 0.671 e. The van der Waals surface area contributed by atoms with E-state index < -0.39 is 18.4 Å². The molecule has 6 heteroatoms. The van der Waals surface area contributed by atoms with Gasteiger partial charge in [0.25, 0.3) is 0 Å². The maximum atomic E-state index is 10.1. The topological polar surface area (TPSA) is 72.8 Å². The number of rotatable bonds is 5. The molecule has 2 unspecified atom stereocenters. The van der Waals surface area contributed by atoms with E-state index >= 15 is 0 Å². The molecule has 0 aromatic carbocycles. The molecule has 0 aliphatic rings. The Labute approximate surface area is 100 Å². The van der Waals surface area contributed by atoms with Gasteiger partial charge in [0.1, 0.15) is 6.10 Å². The van der Waals surface area contributed by atoms with E-state index in [-0.39, 0.29) is 31.1 Å². The molecule has 2 atom stereocenters. The van der Waals surface area contributed by atoms with Crippen molar-refractivity contribution < 1.29 is 55.3 Å². The minimum atomic E-state index is -1.41. The molecule has 0 fully saturated rings. The molecule has 0 saturated heterocycles. The summed E-state index contributed by atoms with van der Waals surface area (Å²) in [5, 5.41) is 8.23. The van der Waals surface area contributed by atoms with Gasteiger partial charge in [0.2, 0.25) is 0 Å². The third-order valence-corrected chi connectivity index (χ3v) is 1.27. The molecule has 1 N–H and O–H groups in total. The maximum Gasteiger partial charge on any atom is 2.00 e. The van der Waals surface area contributed by atoms with Crippen molar-refractivity contribution in [2.45, 2.75) is 25.6 Å². The summed E-state index contributed by atoms with van der Waals surface area (Å²) in [5.74, 6) is 0. The first-order valence-corrected chi connectivity index (χ1v) is 3.37. The van der Waals surface area contributed by atoms with Gasteiger partial charge in [-0.2, -0.15) is 0 Å². The van der Waals surface area contributed by atoms with E-state index in [9.17, 15) is 9.59 Å². The number of carbonyl (C=O) groups is 1. The molecule has 0 aromatic rings. The summed E-state index contributed by atoms with van der Waals surface area (Å²) in [5.41, 5.74) is 0. The molecular weight excluding hydrogens is 402 g/mol. The van der Waals surface area contributed by atoms with E-state index in [1.165, 1.54) is 6.47 Å². The Morgan fingerprint density at radius 1 is 1.69 bits per heavy atom. The number of carbonyl (C=O) groups excluding carboxylic acids is 1. The zero-order valence-corrected chi connectivity index (χ0v) is 11.3. The molecule has 0 heterocycles. The predicted octanol–water partition coefficient (Wildman–Crippen LogP) is 0.746. The first kappa shape index (κ1) is 15.3. The van der Waals surface area contributed by atoms with Gasteiger partial charge in [-0.15, -0.1) is 0 Å². The van der Waals surface area contributed by atoms with Crippen LogP contribution in [0.3, 0.4) is 0 Å². The fourth-order valence-electron chi connectivity index (χ4n) is 0.689. The molecule has 0 spiro atoms. The molecule has 0 aliphatic heterocycles. The van der Waals surface area contributed by atoms with Gasteiger partial charge in [-0.05, 0) is 12.5 Å². The average Bonchev–Trinajstić information content (AvgIpc) is 2.00. The van der Waals surface area contributed by atoms with Crippen LogP contribution in [-0.2, 0) is 14.3 Å². The quantitative estimate of drug-likeness (QED) is 0.533. The van der Waals surface area contributed by atoms with Crippen molar-refractivity contribution in [3.05, 3.63) is 6.92 Å². The minimum Gasteiger partial charge on any atom is -0.671 e. The van der Waals surface area contributed by atoms with Crippen LogP contribution in [0.4, 0.5) is 4.79 Å². The first-order chi connectivity index (χ1) is 5.61. The van der Waals surface area contributed by atoms with Gasteiger partial charge in [0, 0.05) is 0 Å². The number of carboxylic acid groups (broad SMARTS) is 1. The molecule has 0 amide bonds.